The van der Waals surface area contributed by atoms with Crippen LogP contribution in [0, 0.1) is 18.8 Å². The van der Waals surface area contributed by atoms with Gasteiger partial charge < -0.3 is 10.6 Å². The molecule has 0 heterocycles. The van der Waals surface area contributed by atoms with Crippen LogP contribution in [-0.2, 0) is 0 Å². The summed E-state index contributed by atoms with van der Waals surface area (Å²) in [5.41, 5.74) is 1.91. The zero-order valence-electron chi connectivity index (χ0n) is 13.5. The summed E-state index contributed by atoms with van der Waals surface area (Å²) in [6.45, 7) is 8.22. The molecule has 0 saturated heterocycles. The lowest BCUT2D eigenvalue weighted by atomic mass is 9.79. The molecule has 1 fully saturated rings. The van der Waals surface area contributed by atoms with Crippen LogP contribution in [0.5, 0.6) is 0 Å². The van der Waals surface area contributed by atoms with Crippen molar-refractivity contribution in [3.63, 3.8) is 0 Å². The molecule has 116 valence electrons. The van der Waals surface area contributed by atoms with Crippen LogP contribution < -0.4 is 10.6 Å². The molecule has 1 aliphatic rings. The fourth-order valence-electron chi connectivity index (χ4n) is 3.31. The van der Waals surface area contributed by atoms with Gasteiger partial charge >= 0.3 is 0 Å². The minimum absolute atomic E-state index is 0.0153. The van der Waals surface area contributed by atoms with Crippen LogP contribution in [-0.4, -0.2) is 25.0 Å². The minimum Gasteiger partial charge on any atom is -0.351 e. The number of rotatable bonds is 5. The Bertz CT molecular complexity index is 445. The molecular formula is C18H28N2O. The monoisotopic (exact) mass is 288 g/mol. The van der Waals surface area contributed by atoms with Crippen molar-refractivity contribution < 1.29 is 4.79 Å². The van der Waals surface area contributed by atoms with Crippen molar-refractivity contribution in [2.24, 2.45) is 11.8 Å². The largest absolute Gasteiger partial charge is 0.351 e. The summed E-state index contributed by atoms with van der Waals surface area (Å²) in [6.07, 6.45) is 3.99. The summed E-state index contributed by atoms with van der Waals surface area (Å²) in [7, 11) is 0. The first kappa shape index (κ1) is 16.0. The molecule has 3 heteroatoms. The van der Waals surface area contributed by atoms with Crippen LogP contribution in [0.25, 0.3) is 0 Å². The van der Waals surface area contributed by atoms with Gasteiger partial charge in [-0.15, -0.1) is 0 Å². The molecule has 2 N–H and O–H groups in total. The number of aryl methyl sites for hydroxylation is 1. The topological polar surface area (TPSA) is 41.1 Å². The fraction of sp³-hybridized carbons (Fsp3) is 0.611. The van der Waals surface area contributed by atoms with Crippen LogP contribution in [0.3, 0.4) is 0 Å². The van der Waals surface area contributed by atoms with Crippen molar-refractivity contribution in [1.29, 1.82) is 0 Å². The maximum atomic E-state index is 12.0. The maximum Gasteiger partial charge on any atom is 0.251 e. The van der Waals surface area contributed by atoms with E-state index in [-0.39, 0.29) is 5.91 Å². The van der Waals surface area contributed by atoms with E-state index < -0.39 is 0 Å². The van der Waals surface area contributed by atoms with Gasteiger partial charge in [-0.2, -0.15) is 0 Å². The van der Waals surface area contributed by atoms with Crippen LogP contribution in [0.1, 0.15) is 49.0 Å². The van der Waals surface area contributed by atoms with Gasteiger partial charge in [0.15, 0.2) is 0 Å². The number of nitrogens with one attached hydrogen (secondary N) is 2. The molecule has 0 aliphatic heterocycles. The van der Waals surface area contributed by atoms with Crippen molar-refractivity contribution in [3.8, 4) is 0 Å². The molecule has 0 aromatic heterocycles. The van der Waals surface area contributed by atoms with E-state index in [1.54, 1.807) is 0 Å². The fourth-order valence-corrected chi connectivity index (χ4v) is 3.31. The molecule has 21 heavy (non-hydrogen) atoms. The number of hydrogen-bond acceptors (Lipinski definition) is 2. The third-order valence-electron chi connectivity index (χ3n) is 4.65. The van der Waals surface area contributed by atoms with Gasteiger partial charge in [-0.05, 0) is 43.7 Å². The third kappa shape index (κ3) is 4.57. The Hall–Kier alpha value is -1.35. The molecule has 1 amide bonds. The summed E-state index contributed by atoms with van der Waals surface area (Å²) in [5.74, 6) is 1.49. The molecule has 1 aromatic rings. The molecule has 2 rings (SSSR count). The van der Waals surface area contributed by atoms with E-state index in [9.17, 15) is 4.79 Å². The molecular weight excluding hydrogens is 260 g/mol. The normalized spacial score (nSPS) is 25.6. The van der Waals surface area contributed by atoms with E-state index in [0.717, 1.165) is 23.9 Å². The van der Waals surface area contributed by atoms with Gasteiger partial charge in [-0.3, -0.25) is 4.79 Å². The quantitative estimate of drug-likeness (QED) is 0.817. The van der Waals surface area contributed by atoms with Crippen molar-refractivity contribution in [3.05, 3.63) is 35.4 Å². The summed E-state index contributed by atoms with van der Waals surface area (Å²) >= 11 is 0. The number of amides is 1. The molecule has 0 spiro atoms. The summed E-state index contributed by atoms with van der Waals surface area (Å²) < 4.78 is 0. The van der Waals surface area contributed by atoms with Crippen LogP contribution >= 0.6 is 0 Å². The molecule has 0 bridgehead atoms. The molecule has 3 nitrogen and oxygen atoms in total. The van der Waals surface area contributed by atoms with E-state index in [4.69, 9.17) is 0 Å². The highest BCUT2D eigenvalue weighted by molar-refractivity contribution is 5.94. The zero-order chi connectivity index (χ0) is 15.2. The first-order valence-electron chi connectivity index (χ1n) is 8.16. The highest BCUT2D eigenvalue weighted by atomic mass is 16.1. The van der Waals surface area contributed by atoms with E-state index in [2.05, 4.69) is 24.5 Å². The van der Waals surface area contributed by atoms with E-state index in [1.807, 2.05) is 31.2 Å². The molecule has 1 aromatic carbocycles. The smallest absolute Gasteiger partial charge is 0.251 e. The minimum atomic E-state index is 0.0153. The standard InChI is InChI=1S/C18H28N2O/c1-13-7-9-16(10-8-13)18(21)20-12-11-19-17-14(2)5-4-6-15(17)3/h7-10,14-15,17,19H,4-6,11-12H2,1-3H3,(H,20,21). The Morgan fingerprint density at radius 3 is 2.33 bits per heavy atom. The second kappa shape index (κ2) is 7.60. The molecule has 2 atom stereocenters. The first-order valence-corrected chi connectivity index (χ1v) is 8.16. The number of carbonyl (C=O) groups excluding carboxylic acids is 1. The van der Waals surface area contributed by atoms with Crippen molar-refractivity contribution >= 4 is 5.91 Å². The van der Waals surface area contributed by atoms with E-state index in [1.165, 1.54) is 24.8 Å². The highest BCUT2D eigenvalue weighted by Gasteiger charge is 2.26. The maximum absolute atomic E-state index is 12.0. The van der Waals surface area contributed by atoms with Crippen LogP contribution in [0.2, 0.25) is 0 Å². The second-order valence-corrected chi connectivity index (χ2v) is 6.49. The van der Waals surface area contributed by atoms with Gasteiger partial charge in [-0.1, -0.05) is 38.0 Å². The number of carbonyl (C=O) groups is 1. The molecule has 0 radical (unpaired) electrons. The predicted molar refractivity (Wildman–Crippen MR) is 87.5 cm³/mol. The molecule has 1 aliphatic carbocycles. The van der Waals surface area contributed by atoms with Gasteiger partial charge in [0, 0.05) is 24.7 Å². The van der Waals surface area contributed by atoms with Crippen molar-refractivity contribution in [1.82, 2.24) is 10.6 Å². The van der Waals surface area contributed by atoms with Crippen molar-refractivity contribution in [2.45, 2.75) is 46.1 Å². The molecule has 2 unspecified atom stereocenters. The Morgan fingerprint density at radius 2 is 1.71 bits per heavy atom. The lowest BCUT2D eigenvalue weighted by Gasteiger charge is -2.35. The van der Waals surface area contributed by atoms with Crippen LogP contribution in [0.15, 0.2) is 24.3 Å². The summed E-state index contributed by atoms with van der Waals surface area (Å²) in [5, 5.41) is 6.61. The predicted octanol–water partition coefficient (Wildman–Crippen LogP) is 3.14. The lowest BCUT2D eigenvalue weighted by Crippen LogP contribution is -2.45. The van der Waals surface area contributed by atoms with Crippen molar-refractivity contribution in [2.75, 3.05) is 13.1 Å². The third-order valence-corrected chi connectivity index (χ3v) is 4.65. The number of hydrogen-bond donors (Lipinski definition) is 2. The Balaban J connectivity index is 1.71. The Labute approximate surface area is 128 Å². The highest BCUT2D eigenvalue weighted by Crippen LogP contribution is 2.28. The average molecular weight is 288 g/mol. The lowest BCUT2D eigenvalue weighted by molar-refractivity contribution is 0.0952. The summed E-state index contributed by atoms with van der Waals surface area (Å²) in [4.78, 5) is 12.0. The van der Waals surface area contributed by atoms with Gasteiger partial charge in [0.2, 0.25) is 0 Å². The van der Waals surface area contributed by atoms with Gasteiger partial charge in [0.25, 0.3) is 5.91 Å². The Kier molecular flexibility index (Phi) is 5.80. The SMILES string of the molecule is Cc1ccc(C(=O)NCCNC2C(C)CCCC2C)cc1. The van der Waals surface area contributed by atoms with Gasteiger partial charge in [0.05, 0.1) is 0 Å². The number of benzene rings is 1. The first-order chi connectivity index (χ1) is 10.1. The van der Waals surface area contributed by atoms with Gasteiger partial charge in [0.1, 0.15) is 0 Å². The van der Waals surface area contributed by atoms with Crippen LogP contribution in [0.4, 0.5) is 0 Å². The van der Waals surface area contributed by atoms with Gasteiger partial charge in [-0.25, -0.2) is 0 Å². The zero-order valence-corrected chi connectivity index (χ0v) is 13.5. The second-order valence-electron chi connectivity index (χ2n) is 6.49. The molecule has 1 saturated carbocycles. The average Bonchev–Trinajstić information content (AvgIpc) is 2.46. The van der Waals surface area contributed by atoms with E-state index in [0.29, 0.717) is 12.6 Å². The van der Waals surface area contributed by atoms with E-state index >= 15 is 0 Å². The summed E-state index contributed by atoms with van der Waals surface area (Å²) in [6, 6.07) is 8.29. The Morgan fingerprint density at radius 1 is 1.10 bits per heavy atom.